The Balaban J connectivity index is 2.40. The van der Waals surface area contributed by atoms with Crippen molar-refractivity contribution in [3.05, 3.63) is 39.6 Å². The molecule has 0 spiro atoms. The minimum atomic E-state index is -4.02. The zero-order chi connectivity index (χ0) is 15.5. The van der Waals surface area contributed by atoms with Crippen LogP contribution in [0.25, 0.3) is 0 Å². The van der Waals surface area contributed by atoms with Crippen molar-refractivity contribution in [2.75, 3.05) is 11.3 Å². The van der Waals surface area contributed by atoms with E-state index in [1.807, 2.05) is 6.92 Å². The van der Waals surface area contributed by atoms with E-state index in [0.717, 1.165) is 11.3 Å². The molecule has 2 N–H and O–H groups in total. The fourth-order valence-corrected chi connectivity index (χ4v) is 4.24. The number of benzene rings is 1. The lowest BCUT2D eigenvalue weighted by molar-refractivity contribution is 0.552. The molecule has 0 atom stereocenters. The van der Waals surface area contributed by atoms with E-state index in [9.17, 15) is 12.8 Å². The van der Waals surface area contributed by atoms with Gasteiger partial charge in [0.25, 0.3) is 10.0 Å². The fourth-order valence-electron chi connectivity index (χ4n) is 1.65. The van der Waals surface area contributed by atoms with E-state index in [2.05, 4.69) is 31.0 Å². The number of rotatable bonds is 6. The van der Waals surface area contributed by atoms with E-state index in [1.165, 1.54) is 12.3 Å². The summed E-state index contributed by atoms with van der Waals surface area (Å²) in [7, 11) is -4.02. The average Bonchev–Trinajstić information content (AvgIpc) is 2.91. The molecule has 0 aliphatic carbocycles. The molecule has 114 valence electrons. The smallest absolute Gasteiger partial charge is 0.266 e. The highest BCUT2D eigenvalue weighted by molar-refractivity contribution is 9.10. The molecule has 2 aromatic rings. The molecule has 0 aliphatic rings. The van der Waals surface area contributed by atoms with Crippen LogP contribution < -0.4 is 10.0 Å². The molecule has 0 bridgehead atoms. The number of anilines is 1. The summed E-state index contributed by atoms with van der Waals surface area (Å²) < 4.78 is 41.7. The molecular weight excluding hydrogens is 381 g/mol. The lowest BCUT2D eigenvalue weighted by Crippen LogP contribution is -2.18. The molecule has 21 heavy (non-hydrogen) atoms. The number of halogens is 2. The van der Waals surface area contributed by atoms with Gasteiger partial charge in [-0.2, -0.15) is 0 Å². The molecule has 1 heterocycles. The van der Waals surface area contributed by atoms with E-state index in [1.54, 1.807) is 11.4 Å². The largest absolute Gasteiger partial charge is 0.313 e. The average molecular weight is 394 g/mol. The summed E-state index contributed by atoms with van der Waals surface area (Å²) in [4.78, 5) is 3.43. The molecule has 1 aromatic carbocycles. The van der Waals surface area contributed by atoms with Crippen LogP contribution in [0.1, 0.15) is 12.5 Å². The molecule has 9 heteroatoms. The number of aromatic nitrogens is 1. The molecule has 5 nitrogen and oxygen atoms in total. The molecule has 0 saturated heterocycles. The molecule has 0 saturated carbocycles. The van der Waals surface area contributed by atoms with E-state index >= 15 is 0 Å². The van der Waals surface area contributed by atoms with Crippen molar-refractivity contribution in [1.29, 1.82) is 0 Å². The molecule has 0 unspecified atom stereocenters. The number of nitrogens with one attached hydrogen (secondary N) is 2. The van der Waals surface area contributed by atoms with E-state index in [0.29, 0.717) is 11.0 Å². The van der Waals surface area contributed by atoms with Crippen LogP contribution in [-0.2, 0) is 16.6 Å². The Morgan fingerprint density at radius 1 is 1.43 bits per heavy atom. The monoisotopic (exact) mass is 393 g/mol. The van der Waals surface area contributed by atoms with Gasteiger partial charge in [0, 0.05) is 28.2 Å². The summed E-state index contributed by atoms with van der Waals surface area (Å²) in [6, 6.07) is 2.79. The highest BCUT2D eigenvalue weighted by Gasteiger charge is 2.23. The Kier molecular flexibility index (Phi) is 5.31. The first kappa shape index (κ1) is 16.3. The molecule has 0 fully saturated rings. The maximum atomic E-state index is 14.4. The first-order chi connectivity index (χ1) is 9.94. The first-order valence-corrected chi connectivity index (χ1v) is 9.20. The van der Waals surface area contributed by atoms with Crippen molar-refractivity contribution in [3.63, 3.8) is 0 Å². The lowest BCUT2D eigenvalue weighted by Gasteiger charge is -2.11. The van der Waals surface area contributed by atoms with Gasteiger partial charge in [-0.25, -0.2) is 17.8 Å². The van der Waals surface area contributed by atoms with Gasteiger partial charge in [-0.3, -0.25) is 4.72 Å². The Morgan fingerprint density at radius 3 is 2.81 bits per heavy atom. The third-order valence-corrected chi connectivity index (χ3v) is 5.20. The number of hydrogen-bond acceptors (Lipinski definition) is 5. The van der Waals surface area contributed by atoms with Gasteiger partial charge >= 0.3 is 0 Å². The zero-order valence-corrected chi connectivity index (χ0v) is 14.3. The van der Waals surface area contributed by atoms with Crippen LogP contribution in [0, 0.1) is 5.82 Å². The number of hydrogen-bond donors (Lipinski definition) is 2. The minimum Gasteiger partial charge on any atom is -0.313 e. The van der Waals surface area contributed by atoms with Crippen LogP contribution in [0.5, 0.6) is 0 Å². The van der Waals surface area contributed by atoms with Gasteiger partial charge in [0.1, 0.15) is 10.7 Å². The standard InChI is InChI=1S/C12H13BrFN3O2S2/c1-2-15-7-8-5-9(13)6-10(11(8)14)21(18,19)17-12-16-3-4-20-12/h3-6,15H,2,7H2,1H3,(H,16,17). The van der Waals surface area contributed by atoms with Crippen LogP contribution >= 0.6 is 27.3 Å². The van der Waals surface area contributed by atoms with Crippen LogP contribution in [0.15, 0.2) is 33.1 Å². The Morgan fingerprint density at radius 2 is 2.19 bits per heavy atom. The highest BCUT2D eigenvalue weighted by Crippen LogP contribution is 2.26. The minimum absolute atomic E-state index is 0.197. The summed E-state index contributed by atoms with van der Waals surface area (Å²) in [5.41, 5.74) is 0.283. The number of thiazole rings is 1. The maximum Gasteiger partial charge on any atom is 0.266 e. The van der Waals surface area contributed by atoms with Gasteiger partial charge in [-0.05, 0) is 18.7 Å². The van der Waals surface area contributed by atoms with Crippen molar-refractivity contribution >= 4 is 42.4 Å². The van der Waals surface area contributed by atoms with Gasteiger partial charge < -0.3 is 5.32 Å². The quantitative estimate of drug-likeness (QED) is 0.791. The van der Waals surface area contributed by atoms with Gasteiger partial charge in [0.05, 0.1) is 0 Å². The summed E-state index contributed by atoms with van der Waals surface area (Å²) in [5, 5.41) is 4.80. The Hall–Kier alpha value is -1.03. The maximum absolute atomic E-state index is 14.4. The Bertz CT molecular complexity index is 720. The summed E-state index contributed by atoms with van der Waals surface area (Å²) in [6.45, 7) is 2.80. The van der Waals surface area contributed by atoms with Crippen LogP contribution in [0.3, 0.4) is 0 Å². The van der Waals surface area contributed by atoms with E-state index in [4.69, 9.17) is 0 Å². The fraction of sp³-hybridized carbons (Fsp3) is 0.250. The van der Waals surface area contributed by atoms with Gasteiger partial charge in [-0.1, -0.05) is 22.9 Å². The van der Waals surface area contributed by atoms with Crippen molar-refractivity contribution in [2.24, 2.45) is 0 Å². The van der Waals surface area contributed by atoms with E-state index < -0.39 is 20.7 Å². The predicted octanol–water partition coefficient (Wildman–Crippen LogP) is 2.96. The highest BCUT2D eigenvalue weighted by atomic mass is 79.9. The predicted molar refractivity (Wildman–Crippen MR) is 84.4 cm³/mol. The van der Waals surface area contributed by atoms with Gasteiger partial charge in [-0.15, -0.1) is 11.3 Å². The van der Waals surface area contributed by atoms with Crippen LogP contribution in [0.4, 0.5) is 9.52 Å². The molecule has 0 amide bonds. The molecular formula is C12H13BrFN3O2S2. The number of sulfonamides is 1. The summed E-state index contributed by atoms with van der Waals surface area (Å²) in [5.74, 6) is -0.761. The molecule has 1 aromatic heterocycles. The van der Waals surface area contributed by atoms with Crippen LogP contribution in [0.2, 0.25) is 0 Å². The van der Waals surface area contributed by atoms with Gasteiger partial charge in [0.15, 0.2) is 5.13 Å². The lowest BCUT2D eigenvalue weighted by atomic mass is 10.2. The van der Waals surface area contributed by atoms with Crippen LogP contribution in [-0.4, -0.2) is 19.9 Å². The van der Waals surface area contributed by atoms with Gasteiger partial charge in [0.2, 0.25) is 0 Å². The second-order valence-electron chi connectivity index (χ2n) is 4.10. The second-order valence-corrected chi connectivity index (χ2v) is 7.56. The zero-order valence-electron chi connectivity index (χ0n) is 11.1. The van der Waals surface area contributed by atoms with E-state index in [-0.39, 0.29) is 17.2 Å². The topological polar surface area (TPSA) is 71.1 Å². The molecule has 0 aliphatic heterocycles. The Labute approximate surface area is 134 Å². The van der Waals surface area contributed by atoms with Crippen molar-refractivity contribution in [2.45, 2.75) is 18.4 Å². The first-order valence-electron chi connectivity index (χ1n) is 6.05. The SMILES string of the molecule is CCNCc1cc(Br)cc(S(=O)(=O)Nc2nccs2)c1F. The van der Waals surface area contributed by atoms with Crippen molar-refractivity contribution < 1.29 is 12.8 Å². The van der Waals surface area contributed by atoms with Crippen molar-refractivity contribution in [3.8, 4) is 0 Å². The second kappa shape index (κ2) is 6.82. The molecule has 2 rings (SSSR count). The summed E-state index contributed by atoms with van der Waals surface area (Å²) in [6.07, 6.45) is 1.47. The third kappa shape index (κ3) is 4.00. The normalized spacial score (nSPS) is 11.6. The molecule has 0 radical (unpaired) electrons. The third-order valence-electron chi connectivity index (χ3n) is 2.59. The summed E-state index contributed by atoms with van der Waals surface area (Å²) >= 11 is 4.33. The number of nitrogens with zero attached hydrogens (tertiary/aromatic N) is 1. The van der Waals surface area contributed by atoms with Crippen molar-refractivity contribution in [1.82, 2.24) is 10.3 Å².